The topological polar surface area (TPSA) is 30.7 Å². The first-order chi connectivity index (χ1) is 8.16. The van der Waals surface area contributed by atoms with Gasteiger partial charge in [-0.1, -0.05) is 18.2 Å². The molecule has 2 aromatic rings. The minimum absolute atomic E-state index is 0.184. The molecule has 1 aromatic heterocycles. The van der Waals surface area contributed by atoms with E-state index in [4.69, 9.17) is 0 Å². The summed E-state index contributed by atoms with van der Waals surface area (Å²) in [5, 5.41) is 4.06. The van der Waals surface area contributed by atoms with Crippen molar-refractivity contribution in [1.82, 2.24) is 14.8 Å². The summed E-state index contributed by atoms with van der Waals surface area (Å²) in [5.41, 5.74) is 0.450. The Kier molecular flexibility index (Phi) is 2.47. The summed E-state index contributed by atoms with van der Waals surface area (Å²) in [5.74, 6) is -0.0886. The van der Waals surface area contributed by atoms with Gasteiger partial charge >= 0.3 is 0 Å². The van der Waals surface area contributed by atoms with Gasteiger partial charge < -0.3 is 0 Å². The van der Waals surface area contributed by atoms with E-state index >= 15 is 0 Å². The highest BCUT2D eigenvalue weighted by molar-refractivity contribution is 9.10. The van der Waals surface area contributed by atoms with Crippen molar-refractivity contribution in [2.45, 2.75) is 18.6 Å². The maximum absolute atomic E-state index is 13.7. The van der Waals surface area contributed by atoms with Crippen LogP contribution in [0.15, 0.2) is 29.0 Å². The van der Waals surface area contributed by atoms with E-state index in [0.717, 1.165) is 0 Å². The molecule has 1 aliphatic heterocycles. The lowest BCUT2D eigenvalue weighted by Crippen LogP contribution is -2.09. The number of rotatable bonds is 1. The molecule has 0 saturated carbocycles. The Balaban J connectivity index is 2.10. The van der Waals surface area contributed by atoms with Crippen molar-refractivity contribution < 1.29 is 8.78 Å². The molecule has 88 valence electrons. The van der Waals surface area contributed by atoms with Crippen molar-refractivity contribution in [2.24, 2.45) is 0 Å². The molecular formula is C11H8BrF2N3. The summed E-state index contributed by atoms with van der Waals surface area (Å²) in [4.78, 5) is 3.95. The number of hydrogen-bond donors (Lipinski definition) is 0. The van der Waals surface area contributed by atoms with Gasteiger partial charge in [-0.05, 0) is 22.0 Å². The van der Waals surface area contributed by atoms with E-state index in [1.807, 2.05) is 0 Å². The molecule has 2 unspecified atom stereocenters. The first-order valence-corrected chi connectivity index (χ1v) is 5.96. The van der Waals surface area contributed by atoms with E-state index in [-0.39, 0.29) is 18.1 Å². The number of alkyl halides is 1. The first kappa shape index (κ1) is 10.8. The van der Waals surface area contributed by atoms with E-state index in [1.165, 1.54) is 10.7 Å². The number of nitrogens with zero attached hydrogens (tertiary/aromatic N) is 3. The third kappa shape index (κ3) is 1.67. The van der Waals surface area contributed by atoms with Crippen molar-refractivity contribution >= 4 is 15.9 Å². The minimum atomic E-state index is -1.20. The van der Waals surface area contributed by atoms with Crippen molar-refractivity contribution in [3.8, 4) is 0 Å². The molecule has 0 saturated heterocycles. The Bertz CT molecular complexity index is 570. The number of fused-ring (bicyclic) bond motifs is 1. The van der Waals surface area contributed by atoms with E-state index in [2.05, 4.69) is 26.0 Å². The Morgan fingerprint density at radius 2 is 2.12 bits per heavy atom. The highest BCUT2D eigenvalue weighted by Gasteiger charge is 2.36. The van der Waals surface area contributed by atoms with Crippen LogP contribution in [0.1, 0.15) is 30.0 Å². The zero-order chi connectivity index (χ0) is 12.0. The van der Waals surface area contributed by atoms with Crippen LogP contribution in [0.5, 0.6) is 0 Å². The lowest BCUT2D eigenvalue weighted by atomic mass is 10.0. The van der Waals surface area contributed by atoms with Gasteiger partial charge in [-0.25, -0.2) is 18.4 Å². The van der Waals surface area contributed by atoms with Crippen LogP contribution in [0, 0.1) is 5.82 Å². The molecule has 2 heterocycles. The van der Waals surface area contributed by atoms with Gasteiger partial charge in [0.25, 0.3) is 0 Å². The average molecular weight is 300 g/mol. The van der Waals surface area contributed by atoms with Crippen LogP contribution >= 0.6 is 15.9 Å². The molecule has 0 bridgehead atoms. The van der Waals surface area contributed by atoms with Gasteiger partial charge in [0.05, 0.1) is 6.04 Å². The van der Waals surface area contributed by atoms with Crippen LogP contribution in [0.3, 0.4) is 0 Å². The smallest absolute Gasteiger partial charge is 0.217 e. The SMILES string of the molecule is Fc1ccccc1C1CC(F)c2nc(Br)nn21. The van der Waals surface area contributed by atoms with Crippen LogP contribution in [-0.2, 0) is 0 Å². The second kappa shape index (κ2) is 3.87. The molecule has 0 fully saturated rings. The van der Waals surface area contributed by atoms with Crippen molar-refractivity contribution in [1.29, 1.82) is 0 Å². The van der Waals surface area contributed by atoms with Gasteiger partial charge in [0.1, 0.15) is 5.82 Å². The summed E-state index contributed by atoms with van der Waals surface area (Å²) in [6.45, 7) is 0. The molecule has 17 heavy (non-hydrogen) atoms. The van der Waals surface area contributed by atoms with E-state index in [9.17, 15) is 8.78 Å². The normalized spacial score (nSPS) is 22.8. The Morgan fingerprint density at radius 1 is 1.35 bits per heavy atom. The van der Waals surface area contributed by atoms with Crippen LogP contribution in [-0.4, -0.2) is 14.8 Å². The molecule has 0 spiro atoms. The van der Waals surface area contributed by atoms with Crippen LogP contribution in [0.2, 0.25) is 0 Å². The van der Waals surface area contributed by atoms with Crippen LogP contribution < -0.4 is 0 Å². The number of benzene rings is 1. The third-order valence-electron chi connectivity index (χ3n) is 2.90. The summed E-state index contributed by atoms with van der Waals surface area (Å²) in [6, 6.07) is 5.94. The summed E-state index contributed by atoms with van der Waals surface area (Å²) >= 11 is 3.10. The zero-order valence-corrected chi connectivity index (χ0v) is 10.2. The summed E-state index contributed by atoms with van der Waals surface area (Å²) < 4.78 is 29.2. The van der Waals surface area contributed by atoms with E-state index in [1.54, 1.807) is 18.2 Å². The number of halogens is 3. The van der Waals surface area contributed by atoms with Crippen molar-refractivity contribution in [3.05, 3.63) is 46.2 Å². The van der Waals surface area contributed by atoms with Crippen LogP contribution in [0.4, 0.5) is 8.78 Å². The highest BCUT2D eigenvalue weighted by Crippen LogP contribution is 2.40. The lowest BCUT2D eigenvalue weighted by Gasteiger charge is -2.12. The van der Waals surface area contributed by atoms with E-state index < -0.39 is 12.2 Å². The first-order valence-electron chi connectivity index (χ1n) is 5.17. The summed E-state index contributed by atoms with van der Waals surface area (Å²) in [6.07, 6.45) is -1.01. The van der Waals surface area contributed by atoms with Gasteiger partial charge in [0, 0.05) is 12.0 Å². The van der Waals surface area contributed by atoms with E-state index in [0.29, 0.717) is 10.3 Å². The quantitative estimate of drug-likeness (QED) is 0.810. The Hall–Kier alpha value is -1.30. The fourth-order valence-corrected chi connectivity index (χ4v) is 2.51. The molecule has 0 amide bonds. The van der Waals surface area contributed by atoms with Gasteiger partial charge in [-0.3, -0.25) is 0 Å². The molecule has 1 aromatic carbocycles. The fourth-order valence-electron chi connectivity index (χ4n) is 2.16. The molecule has 3 nitrogen and oxygen atoms in total. The van der Waals surface area contributed by atoms with Gasteiger partial charge in [-0.2, -0.15) is 0 Å². The maximum atomic E-state index is 13.7. The second-order valence-corrected chi connectivity index (χ2v) is 4.63. The van der Waals surface area contributed by atoms with Crippen molar-refractivity contribution in [2.75, 3.05) is 0 Å². The number of hydrogen-bond acceptors (Lipinski definition) is 2. The van der Waals surface area contributed by atoms with Crippen molar-refractivity contribution in [3.63, 3.8) is 0 Å². The molecule has 6 heteroatoms. The lowest BCUT2D eigenvalue weighted by molar-refractivity contribution is 0.326. The predicted molar refractivity (Wildman–Crippen MR) is 60.7 cm³/mol. The number of aromatic nitrogens is 3. The second-order valence-electron chi connectivity index (χ2n) is 3.92. The minimum Gasteiger partial charge on any atom is -0.239 e. The third-order valence-corrected chi connectivity index (χ3v) is 3.24. The molecule has 0 aliphatic carbocycles. The van der Waals surface area contributed by atoms with Gasteiger partial charge in [-0.15, -0.1) is 5.10 Å². The average Bonchev–Trinajstić information content (AvgIpc) is 2.80. The van der Waals surface area contributed by atoms with Gasteiger partial charge in [0.2, 0.25) is 4.73 Å². The molecule has 3 rings (SSSR count). The molecule has 0 N–H and O–H groups in total. The standard InChI is InChI=1S/C11H8BrF2N3/c12-11-15-10-8(14)5-9(17(10)16-11)6-3-1-2-4-7(6)13/h1-4,8-9H,5H2. The Labute approximate surface area is 105 Å². The van der Waals surface area contributed by atoms with Crippen LogP contribution in [0.25, 0.3) is 0 Å². The molecule has 2 atom stereocenters. The predicted octanol–water partition coefficient (Wildman–Crippen LogP) is 3.18. The Morgan fingerprint density at radius 3 is 2.88 bits per heavy atom. The largest absolute Gasteiger partial charge is 0.239 e. The zero-order valence-electron chi connectivity index (χ0n) is 8.65. The highest BCUT2D eigenvalue weighted by atomic mass is 79.9. The molecule has 1 aliphatic rings. The maximum Gasteiger partial charge on any atom is 0.217 e. The molecule has 0 radical (unpaired) electrons. The summed E-state index contributed by atoms with van der Waals surface area (Å²) in [7, 11) is 0. The fraction of sp³-hybridized carbons (Fsp3) is 0.273. The van der Waals surface area contributed by atoms with Gasteiger partial charge in [0.15, 0.2) is 12.0 Å². The monoisotopic (exact) mass is 299 g/mol. The molecular weight excluding hydrogens is 292 g/mol.